The molecule has 130 valence electrons. The topological polar surface area (TPSA) is 75.6 Å². The molecule has 4 aromatic rings. The predicted molar refractivity (Wildman–Crippen MR) is 101 cm³/mol. The third-order valence-corrected chi connectivity index (χ3v) is 4.26. The molecule has 0 unspecified atom stereocenters. The first kappa shape index (κ1) is 16.4. The zero-order valence-corrected chi connectivity index (χ0v) is 14.8. The average molecular weight is 366 g/mol. The molecule has 6 nitrogen and oxygen atoms in total. The van der Waals surface area contributed by atoms with Crippen molar-refractivity contribution in [2.24, 2.45) is 0 Å². The normalized spacial score (nSPS) is 11.0. The van der Waals surface area contributed by atoms with Crippen LogP contribution in [0.2, 0.25) is 5.02 Å². The number of H-pyrrole nitrogens is 1. The molecule has 0 aliphatic carbocycles. The number of benzene rings is 2. The number of aromatic amines is 1. The highest BCUT2D eigenvalue weighted by Gasteiger charge is 2.11. The molecule has 2 N–H and O–H groups in total. The van der Waals surface area contributed by atoms with Crippen LogP contribution in [0.1, 0.15) is 21.7 Å². The summed E-state index contributed by atoms with van der Waals surface area (Å²) < 4.78 is 1.62. The van der Waals surface area contributed by atoms with Gasteiger partial charge in [-0.1, -0.05) is 23.7 Å². The quantitative estimate of drug-likeness (QED) is 0.579. The van der Waals surface area contributed by atoms with E-state index in [-0.39, 0.29) is 5.91 Å². The number of fused-ring (bicyclic) bond motifs is 1. The molecule has 2 aromatic heterocycles. The Labute approximate surface area is 154 Å². The Morgan fingerprint density at radius 1 is 1.27 bits per heavy atom. The summed E-state index contributed by atoms with van der Waals surface area (Å²) in [7, 11) is 0. The van der Waals surface area contributed by atoms with Crippen LogP contribution in [-0.4, -0.2) is 25.7 Å². The number of amides is 1. The van der Waals surface area contributed by atoms with Gasteiger partial charge >= 0.3 is 0 Å². The molecule has 0 radical (unpaired) electrons. The number of halogens is 1. The Morgan fingerprint density at radius 3 is 3.00 bits per heavy atom. The first-order chi connectivity index (χ1) is 12.6. The lowest BCUT2D eigenvalue weighted by atomic mass is 10.2. The Kier molecular flexibility index (Phi) is 4.18. The van der Waals surface area contributed by atoms with Crippen LogP contribution in [0.15, 0.2) is 54.9 Å². The predicted octanol–water partition coefficient (Wildman–Crippen LogP) is 3.64. The molecule has 0 atom stereocenters. The van der Waals surface area contributed by atoms with E-state index in [1.807, 2.05) is 37.3 Å². The molecular formula is C19H16ClN5O. The van der Waals surface area contributed by atoms with Crippen LogP contribution < -0.4 is 5.32 Å². The summed E-state index contributed by atoms with van der Waals surface area (Å²) in [5, 5.41) is 7.69. The van der Waals surface area contributed by atoms with Gasteiger partial charge in [0.25, 0.3) is 5.91 Å². The first-order valence-corrected chi connectivity index (χ1v) is 8.50. The van der Waals surface area contributed by atoms with Crippen molar-refractivity contribution in [2.45, 2.75) is 13.5 Å². The highest BCUT2D eigenvalue weighted by Crippen LogP contribution is 2.15. The Hall–Kier alpha value is -3.12. The summed E-state index contributed by atoms with van der Waals surface area (Å²) in [6.07, 6.45) is 3.20. The molecule has 0 aliphatic heterocycles. The van der Waals surface area contributed by atoms with Gasteiger partial charge in [-0.25, -0.2) is 9.67 Å². The van der Waals surface area contributed by atoms with E-state index in [1.54, 1.807) is 23.0 Å². The van der Waals surface area contributed by atoms with Crippen molar-refractivity contribution in [1.29, 1.82) is 0 Å². The minimum Gasteiger partial charge on any atom is -0.345 e. The maximum Gasteiger partial charge on any atom is 0.254 e. The lowest BCUT2D eigenvalue weighted by Crippen LogP contribution is -2.23. The van der Waals surface area contributed by atoms with Gasteiger partial charge in [-0.05, 0) is 42.8 Å². The van der Waals surface area contributed by atoms with Gasteiger partial charge in [0.2, 0.25) is 0 Å². The first-order valence-electron chi connectivity index (χ1n) is 8.12. The van der Waals surface area contributed by atoms with Crippen molar-refractivity contribution in [2.75, 3.05) is 0 Å². The number of aryl methyl sites for hydroxylation is 1. The molecular weight excluding hydrogens is 350 g/mol. The van der Waals surface area contributed by atoms with Crippen molar-refractivity contribution < 1.29 is 4.79 Å². The van der Waals surface area contributed by atoms with Gasteiger partial charge in [-0.3, -0.25) is 4.79 Å². The SMILES string of the molecule is Cc1ccc2nc(CNC(=O)c3cnn(-c4cccc(Cl)c4)c3)[nH]c2c1. The van der Waals surface area contributed by atoms with Gasteiger partial charge < -0.3 is 10.3 Å². The summed E-state index contributed by atoms with van der Waals surface area (Å²) in [6, 6.07) is 13.3. The molecule has 0 bridgehead atoms. The molecule has 4 rings (SSSR count). The minimum absolute atomic E-state index is 0.213. The second kappa shape index (κ2) is 6.65. The lowest BCUT2D eigenvalue weighted by molar-refractivity contribution is 0.0950. The average Bonchev–Trinajstić information content (AvgIpc) is 3.26. The molecule has 26 heavy (non-hydrogen) atoms. The fourth-order valence-corrected chi connectivity index (χ4v) is 2.91. The van der Waals surface area contributed by atoms with Crippen molar-refractivity contribution >= 4 is 28.5 Å². The highest BCUT2D eigenvalue weighted by molar-refractivity contribution is 6.30. The minimum atomic E-state index is -0.213. The van der Waals surface area contributed by atoms with Crippen LogP contribution in [0, 0.1) is 6.92 Å². The largest absolute Gasteiger partial charge is 0.345 e. The van der Waals surface area contributed by atoms with E-state index in [9.17, 15) is 4.79 Å². The summed E-state index contributed by atoms with van der Waals surface area (Å²) >= 11 is 5.99. The van der Waals surface area contributed by atoms with Gasteiger partial charge in [0.05, 0.1) is 35.0 Å². The summed E-state index contributed by atoms with van der Waals surface area (Å²) in [6.45, 7) is 2.34. The van der Waals surface area contributed by atoms with E-state index in [4.69, 9.17) is 11.6 Å². The maximum absolute atomic E-state index is 12.4. The molecule has 0 fully saturated rings. The number of hydrogen-bond acceptors (Lipinski definition) is 3. The highest BCUT2D eigenvalue weighted by atomic mass is 35.5. The van der Waals surface area contributed by atoms with Crippen molar-refractivity contribution in [3.8, 4) is 5.69 Å². The van der Waals surface area contributed by atoms with Gasteiger partial charge in [-0.15, -0.1) is 0 Å². The smallest absolute Gasteiger partial charge is 0.254 e. The molecule has 0 saturated carbocycles. The molecule has 0 aliphatic rings. The molecule has 7 heteroatoms. The van der Waals surface area contributed by atoms with Gasteiger partial charge in [0.15, 0.2) is 0 Å². The second-order valence-electron chi connectivity index (χ2n) is 6.04. The van der Waals surface area contributed by atoms with Crippen molar-refractivity contribution in [3.63, 3.8) is 0 Å². The molecule has 1 amide bonds. The zero-order valence-electron chi connectivity index (χ0n) is 14.0. The fraction of sp³-hybridized carbons (Fsp3) is 0.105. The fourth-order valence-electron chi connectivity index (χ4n) is 2.73. The second-order valence-corrected chi connectivity index (χ2v) is 6.48. The van der Waals surface area contributed by atoms with Gasteiger partial charge in [0, 0.05) is 11.2 Å². The Balaban J connectivity index is 1.46. The number of aromatic nitrogens is 4. The van der Waals surface area contributed by atoms with Crippen LogP contribution in [0.25, 0.3) is 16.7 Å². The standard InChI is InChI=1S/C19H16ClN5O/c1-12-5-6-16-17(7-12)24-18(23-16)10-21-19(26)13-9-22-25(11-13)15-4-2-3-14(20)8-15/h2-9,11H,10H2,1H3,(H,21,26)(H,23,24). The van der Waals surface area contributed by atoms with E-state index in [2.05, 4.69) is 20.4 Å². The number of imidazole rings is 1. The summed E-state index contributed by atoms with van der Waals surface area (Å²) in [4.78, 5) is 20.1. The van der Waals surface area contributed by atoms with Gasteiger partial charge in [-0.2, -0.15) is 5.10 Å². The van der Waals surface area contributed by atoms with Crippen LogP contribution in [-0.2, 0) is 6.54 Å². The number of nitrogens with zero attached hydrogens (tertiary/aromatic N) is 3. The number of hydrogen-bond donors (Lipinski definition) is 2. The number of carbonyl (C=O) groups is 1. The molecule has 2 heterocycles. The zero-order chi connectivity index (χ0) is 18.1. The summed E-state index contributed by atoms with van der Waals surface area (Å²) in [5.74, 6) is 0.496. The van der Waals surface area contributed by atoms with Crippen LogP contribution >= 0.6 is 11.6 Å². The van der Waals surface area contributed by atoms with E-state index < -0.39 is 0 Å². The number of nitrogens with one attached hydrogen (secondary N) is 2. The molecule has 2 aromatic carbocycles. The van der Waals surface area contributed by atoms with Crippen molar-refractivity contribution in [1.82, 2.24) is 25.1 Å². The van der Waals surface area contributed by atoms with E-state index in [0.29, 0.717) is 23.0 Å². The maximum atomic E-state index is 12.4. The third-order valence-electron chi connectivity index (χ3n) is 4.02. The van der Waals surface area contributed by atoms with E-state index in [0.717, 1.165) is 22.3 Å². The number of carbonyl (C=O) groups excluding carboxylic acids is 1. The lowest BCUT2D eigenvalue weighted by Gasteiger charge is -2.02. The van der Waals surface area contributed by atoms with Crippen molar-refractivity contribution in [3.05, 3.63) is 76.8 Å². The molecule has 0 saturated heterocycles. The Bertz CT molecular complexity index is 1100. The van der Waals surface area contributed by atoms with Crippen LogP contribution in [0.3, 0.4) is 0 Å². The van der Waals surface area contributed by atoms with Crippen LogP contribution in [0.4, 0.5) is 0 Å². The monoisotopic (exact) mass is 365 g/mol. The van der Waals surface area contributed by atoms with E-state index in [1.165, 1.54) is 6.20 Å². The number of rotatable bonds is 4. The van der Waals surface area contributed by atoms with Crippen LogP contribution in [0.5, 0.6) is 0 Å². The van der Waals surface area contributed by atoms with E-state index >= 15 is 0 Å². The molecule has 0 spiro atoms. The van der Waals surface area contributed by atoms with Gasteiger partial charge in [0.1, 0.15) is 5.82 Å². The Morgan fingerprint density at radius 2 is 2.15 bits per heavy atom. The third kappa shape index (κ3) is 3.32. The summed E-state index contributed by atoms with van der Waals surface area (Å²) in [5.41, 5.74) is 4.27.